The van der Waals surface area contributed by atoms with Gasteiger partial charge in [0.1, 0.15) is 18.9 Å². The van der Waals surface area contributed by atoms with Crippen LogP contribution in [0.4, 0.5) is 5.69 Å². The van der Waals surface area contributed by atoms with Crippen molar-refractivity contribution in [2.75, 3.05) is 50.8 Å². The van der Waals surface area contributed by atoms with Crippen molar-refractivity contribution in [1.82, 2.24) is 9.88 Å². The van der Waals surface area contributed by atoms with E-state index in [4.69, 9.17) is 32.7 Å². The molecule has 1 saturated heterocycles. The molecule has 0 bridgehead atoms. The van der Waals surface area contributed by atoms with E-state index in [-0.39, 0.29) is 0 Å². The van der Waals surface area contributed by atoms with Crippen LogP contribution in [0, 0.1) is 0 Å². The number of ether oxygens (including phenoxy) is 2. The van der Waals surface area contributed by atoms with Gasteiger partial charge in [-0.3, -0.25) is 4.90 Å². The van der Waals surface area contributed by atoms with Crippen LogP contribution in [0.1, 0.15) is 5.56 Å². The third kappa shape index (κ3) is 3.75. The Morgan fingerprint density at radius 1 is 0.966 bits per heavy atom. The molecule has 152 valence electrons. The van der Waals surface area contributed by atoms with Crippen molar-refractivity contribution in [3.8, 4) is 11.5 Å². The summed E-state index contributed by atoms with van der Waals surface area (Å²) in [5, 5.41) is 2.74. The molecule has 3 aromatic rings. The fraction of sp³-hybridized carbons (Fsp3) is 0.364. The standard InChI is InChI=1S/C22H23Cl2N3O2/c23-16-1-2-17-15(14-25-19(17)13-16)5-6-26-7-9-27(10-8-26)21-18(24)3-4-20-22(21)29-12-11-28-20/h1-4,13-14,25H,5-12H2. The monoisotopic (exact) mass is 431 g/mol. The first-order valence-electron chi connectivity index (χ1n) is 10.00. The van der Waals surface area contributed by atoms with E-state index in [0.717, 1.165) is 71.9 Å². The number of benzene rings is 2. The fourth-order valence-electron chi connectivity index (χ4n) is 4.21. The molecular weight excluding hydrogens is 409 g/mol. The van der Waals surface area contributed by atoms with Crippen LogP contribution in [0.15, 0.2) is 36.5 Å². The SMILES string of the molecule is Clc1ccc2c(CCN3CCN(c4c(Cl)ccc5c4OCCO5)CC3)c[nH]c2c1. The number of fused-ring (bicyclic) bond motifs is 2. The number of aromatic nitrogens is 1. The molecule has 2 aromatic carbocycles. The molecule has 0 unspecified atom stereocenters. The molecule has 0 aliphatic carbocycles. The Balaban J connectivity index is 1.23. The number of anilines is 1. The minimum absolute atomic E-state index is 0.566. The molecule has 0 amide bonds. The number of rotatable bonds is 4. The molecular formula is C22H23Cl2N3O2. The summed E-state index contributed by atoms with van der Waals surface area (Å²) < 4.78 is 11.6. The summed E-state index contributed by atoms with van der Waals surface area (Å²) in [6.45, 7) is 6.01. The lowest BCUT2D eigenvalue weighted by molar-refractivity contribution is 0.171. The summed E-state index contributed by atoms with van der Waals surface area (Å²) in [5.41, 5.74) is 3.41. The van der Waals surface area contributed by atoms with E-state index in [9.17, 15) is 0 Å². The van der Waals surface area contributed by atoms with Crippen molar-refractivity contribution in [3.63, 3.8) is 0 Å². The zero-order valence-corrected chi connectivity index (χ0v) is 17.6. The Kier molecular flexibility index (Phi) is 5.20. The Bertz CT molecular complexity index is 1030. The minimum atomic E-state index is 0.566. The Morgan fingerprint density at radius 3 is 2.66 bits per heavy atom. The second kappa shape index (κ2) is 7.98. The topological polar surface area (TPSA) is 40.7 Å². The maximum atomic E-state index is 6.52. The van der Waals surface area contributed by atoms with E-state index < -0.39 is 0 Å². The van der Waals surface area contributed by atoms with Crippen LogP contribution in [0.25, 0.3) is 10.9 Å². The molecule has 1 fully saturated rings. The van der Waals surface area contributed by atoms with Gasteiger partial charge in [-0.2, -0.15) is 0 Å². The lowest BCUT2D eigenvalue weighted by Gasteiger charge is -2.37. The van der Waals surface area contributed by atoms with Crippen LogP contribution in [-0.4, -0.2) is 55.8 Å². The van der Waals surface area contributed by atoms with Crippen LogP contribution in [-0.2, 0) is 6.42 Å². The van der Waals surface area contributed by atoms with E-state index in [1.807, 2.05) is 24.3 Å². The zero-order valence-electron chi connectivity index (χ0n) is 16.1. The second-order valence-corrected chi connectivity index (χ2v) is 8.35. The molecule has 3 heterocycles. The zero-order chi connectivity index (χ0) is 19.8. The highest BCUT2D eigenvalue weighted by Gasteiger charge is 2.26. The Labute approximate surface area is 180 Å². The number of aromatic amines is 1. The average Bonchev–Trinajstić information content (AvgIpc) is 3.14. The molecule has 0 saturated carbocycles. The number of hydrogen-bond acceptors (Lipinski definition) is 4. The molecule has 0 radical (unpaired) electrons. The molecule has 0 spiro atoms. The van der Waals surface area contributed by atoms with Gasteiger partial charge in [-0.25, -0.2) is 0 Å². The lowest BCUT2D eigenvalue weighted by atomic mass is 10.1. The van der Waals surface area contributed by atoms with Crippen molar-refractivity contribution in [1.29, 1.82) is 0 Å². The number of nitrogens with zero attached hydrogens (tertiary/aromatic N) is 2. The van der Waals surface area contributed by atoms with Gasteiger partial charge in [0, 0.05) is 54.8 Å². The maximum Gasteiger partial charge on any atom is 0.186 e. The van der Waals surface area contributed by atoms with Crippen LogP contribution >= 0.6 is 23.2 Å². The van der Waals surface area contributed by atoms with E-state index in [1.54, 1.807) is 0 Å². The molecule has 7 heteroatoms. The highest BCUT2D eigenvalue weighted by atomic mass is 35.5. The molecule has 29 heavy (non-hydrogen) atoms. The minimum Gasteiger partial charge on any atom is -0.486 e. The molecule has 0 atom stereocenters. The third-order valence-corrected chi connectivity index (χ3v) is 6.29. The van der Waals surface area contributed by atoms with Gasteiger partial charge in [-0.05, 0) is 36.2 Å². The molecule has 2 aliphatic rings. The number of H-pyrrole nitrogens is 1. The molecule has 1 aromatic heterocycles. The fourth-order valence-corrected chi connectivity index (χ4v) is 4.65. The van der Waals surface area contributed by atoms with E-state index in [1.165, 1.54) is 10.9 Å². The first-order valence-corrected chi connectivity index (χ1v) is 10.8. The van der Waals surface area contributed by atoms with Gasteiger partial charge in [0.2, 0.25) is 0 Å². The summed E-state index contributed by atoms with van der Waals surface area (Å²) in [6.07, 6.45) is 3.12. The summed E-state index contributed by atoms with van der Waals surface area (Å²) in [5.74, 6) is 1.58. The Hall–Kier alpha value is -2.08. The quantitative estimate of drug-likeness (QED) is 0.654. The molecule has 5 nitrogen and oxygen atoms in total. The molecule has 1 N–H and O–H groups in total. The molecule has 2 aliphatic heterocycles. The summed E-state index contributed by atoms with van der Waals surface area (Å²) in [6, 6.07) is 9.83. The van der Waals surface area contributed by atoms with Gasteiger partial charge < -0.3 is 19.4 Å². The predicted molar refractivity (Wildman–Crippen MR) is 118 cm³/mol. The number of piperazine rings is 1. The van der Waals surface area contributed by atoms with Gasteiger partial charge in [0.25, 0.3) is 0 Å². The van der Waals surface area contributed by atoms with Crippen LogP contribution in [0.2, 0.25) is 10.0 Å². The summed E-state index contributed by atoms with van der Waals surface area (Å²) >= 11 is 12.6. The van der Waals surface area contributed by atoms with Crippen LogP contribution in [0.3, 0.4) is 0 Å². The first kappa shape index (κ1) is 18.9. The first-order chi connectivity index (χ1) is 14.2. The number of halogens is 2. The van der Waals surface area contributed by atoms with Gasteiger partial charge in [-0.1, -0.05) is 29.3 Å². The van der Waals surface area contributed by atoms with Gasteiger partial charge in [0.05, 0.1) is 5.02 Å². The Morgan fingerprint density at radius 2 is 1.79 bits per heavy atom. The van der Waals surface area contributed by atoms with Crippen molar-refractivity contribution in [3.05, 3.63) is 52.1 Å². The number of nitrogens with one attached hydrogen (secondary N) is 1. The number of hydrogen-bond donors (Lipinski definition) is 1. The largest absolute Gasteiger partial charge is 0.486 e. The van der Waals surface area contributed by atoms with E-state index >= 15 is 0 Å². The van der Waals surface area contributed by atoms with Gasteiger partial charge in [0.15, 0.2) is 11.5 Å². The normalized spacial score (nSPS) is 17.1. The maximum absolute atomic E-state index is 6.52. The second-order valence-electron chi connectivity index (χ2n) is 7.50. The highest BCUT2D eigenvalue weighted by molar-refractivity contribution is 6.33. The predicted octanol–water partition coefficient (Wildman–Crippen LogP) is 4.61. The van der Waals surface area contributed by atoms with Crippen molar-refractivity contribution >= 4 is 39.8 Å². The highest BCUT2D eigenvalue weighted by Crippen LogP contribution is 2.44. The average molecular weight is 432 g/mol. The summed E-state index contributed by atoms with van der Waals surface area (Å²) in [7, 11) is 0. The van der Waals surface area contributed by atoms with Crippen molar-refractivity contribution in [2.24, 2.45) is 0 Å². The van der Waals surface area contributed by atoms with Gasteiger partial charge >= 0.3 is 0 Å². The van der Waals surface area contributed by atoms with E-state index in [0.29, 0.717) is 13.2 Å². The van der Waals surface area contributed by atoms with Crippen LogP contribution in [0.5, 0.6) is 11.5 Å². The molecule has 5 rings (SSSR count). The third-order valence-electron chi connectivity index (χ3n) is 5.75. The smallest absolute Gasteiger partial charge is 0.186 e. The lowest BCUT2D eigenvalue weighted by Crippen LogP contribution is -2.47. The van der Waals surface area contributed by atoms with Crippen molar-refractivity contribution in [2.45, 2.75) is 6.42 Å². The van der Waals surface area contributed by atoms with E-state index in [2.05, 4.69) is 27.0 Å². The van der Waals surface area contributed by atoms with Gasteiger partial charge in [-0.15, -0.1) is 0 Å². The van der Waals surface area contributed by atoms with Crippen LogP contribution < -0.4 is 14.4 Å². The summed E-state index contributed by atoms with van der Waals surface area (Å²) in [4.78, 5) is 8.15. The van der Waals surface area contributed by atoms with Crippen molar-refractivity contribution < 1.29 is 9.47 Å².